The summed E-state index contributed by atoms with van der Waals surface area (Å²) in [6.07, 6.45) is 0. The topological polar surface area (TPSA) is 9.23 Å². The summed E-state index contributed by atoms with van der Waals surface area (Å²) in [6, 6.07) is 8.82. The van der Waals surface area contributed by atoms with Gasteiger partial charge in [0, 0.05) is 0 Å². The molecule has 1 aromatic rings. The van der Waals surface area contributed by atoms with E-state index in [0.717, 1.165) is 0 Å². The Morgan fingerprint density at radius 2 is 2.00 bits per heavy atom. The Kier molecular flexibility index (Phi) is 4.59. The van der Waals surface area contributed by atoms with Crippen LogP contribution < -0.4 is 4.74 Å². The molecule has 0 aliphatic carbocycles. The maximum absolute atomic E-state index is 4.84. The van der Waals surface area contributed by atoms with Gasteiger partial charge >= 0.3 is 18.6 Å². The first-order valence-corrected chi connectivity index (χ1v) is 3.98. The maximum atomic E-state index is 4.84. The van der Waals surface area contributed by atoms with Crippen LogP contribution in [0.15, 0.2) is 18.2 Å². The SMILES string of the molecule is [CH2-]Oc1[c-]ccc(C(C)(C)C)c1.[V+2]. The summed E-state index contributed by atoms with van der Waals surface area (Å²) in [5.41, 5.74) is 1.39. The molecule has 69 valence electrons. The zero-order chi connectivity index (χ0) is 9.19. The zero-order valence-corrected chi connectivity index (χ0v) is 9.69. The molecule has 0 fully saturated rings. The van der Waals surface area contributed by atoms with Crippen LogP contribution in [-0.4, -0.2) is 0 Å². The summed E-state index contributed by atoms with van der Waals surface area (Å²) in [6.45, 7) is 6.49. The summed E-state index contributed by atoms with van der Waals surface area (Å²) in [4.78, 5) is 0. The van der Waals surface area contributed by atoms with Crippen molar-refractivity contribution in [2.24, 2.45) is 0 Å². The van der Waals surface area contributed by atoms with Gasteiger partial charge in [0.1, 0.15) is 0 Å². The van der Waals surface area contributed by atoms with Gasteiger partial charge in [0.2, 0.25) is 0 Å². The van der Waals surface area contributed by atoms with Gasteiger partial charge in [0.15, 0.2) is 0 Å². The Bertz CT molecular complexity index is 263. The third-order valence-corrected chi connectivity index (χ3v) is 1.80. The molecule has 0 bridgehead atoms. The van der Waals surface area contributed by atoms with E-state index in [1.165, 1.54) is 5.56 Å². The van der Waals surface area contributed by atoms with Crippen LogP contribution in [0.2, 0.25) is 0 Å². The maximum Gasteiger partial charge on any atom is 2.00 e. The van der Waals surface area contributed by atoms with Crippen LogP contribution in [0.4, 0.5) is 0 Å². The molecule has 0 unspecified atom stereocenters. The van der Waals surface area contributed by atoms with Crippen molar-refractivity contribution >= 4 is 0 Å². The fraction of sp³-hybridized carbons (Fsp3) is 0.364. The van der Waals surface area contributed by atoms with Crippen LogP contribution in [0.1, 0.15) is 26.3 Å². The van der Waals surface area contributed by atoms with Crippen molar-refractivity contribution in [1.29, 1.82) is 0 Å². The normalized spacial score (nSPS) is 10.5. The first-order valence-electron chi connectivity index (χ1n) is 3.98. The van der Waals surface area contributed by atoms with E-state index >= 15 is 0 Å². The predicted molar refractivity (Wildman–Crippen MR) is 50.0 cm³/mol. The number of hydrogen-bond donors (Lipinski definition) is 0. The third-order valence-electron chi connectivity index (χ3n) is 1.80. The Balaban J connectivity index is 0.00000144. The minimum absolute atomic E-state index is 0. The predicted octanol–water partition coefficient (Wildman–Crippen LogP) is 2.95. The van der Waals surface area contributed by atoms with Gasteiger partial charge in [0.05, 0.1) is 0 Å². The summed E-state index contributed by atoms with van der Waals surface area (Å²) < 4.78 is 4.84. The Morgan fingerprint density at radius 1 is 1.38 bits per heavy atom. The van der Waals surface area contributed by atoms with E-state index in [-0.39, 0.29) is 24.0 Å². The molecule has 0 saturated heterocycles. The van der Waals surface area contributed by atoms with Gasteiger partial charge in [-0.1, -0.05) is 20.8 Å². The largest absolute Gasteiger partial charge is 2.00 e. The quantitative estimate of drug-likeness (QED) is 0.651. The molecule has 1 rings (SSSR count). The molecule has 0 aromatic heterocycles. The molecule has 0 N–H and O–H groups in total. The average molecular weight is 213 g/mol. The smallest absolute Gasteiger partial charge is 0.683 e. The zero-order valence-electron chi connectivity index (χ0n) is 8.29. The van der Waals surface area contributed by atoms with E-state index in [9.17, 15) is 0 Å². The molecule has 0 atom stereocenters. The molecule has 13 heavy (non-hydrogen) atoms. The molecular formula is C11H14OV. The second kappa shape index (κ2) is 4.73. The first-order chi connectivity index (χ1) is 5.54. The fourth-order valence-corrected chi connectivity index (χ4v) is 0.994. The number of ether oxygens (including phenoxy) is 1. The summed E-state index contributed by atoms with van der Waals surface area (Å²) in [5, 5.41) is 0. The molecule has 0 spiro atoms. The molecule has 0 aliphatic rings. The van der Waals surface area contributed by atoms with Crippen molar-refractivity contribution < 1.29 is 23.3 Å². The summed E-state index contributed by atoms with van der Waals surface area (Å²) in [7, 11) is 3.35. The summed E-state index contributed by atoms with van der Waals surface area (Å²) in [5.74, 6) is 0.697. The second-order valence-corrected chi connectivity index (χ2v) is 3.84. The van der Waals surface area contributed by atoms with Crippen LogP contribution in [0.5, 0.6) is 5.75 Å². The van der Waals surface area contributed by atoms with Crippen LogP contribution in [0, 0.1) is 13.2 Å². The summed E-state index contributed by atoms with van der Waals surface area (Å²) >= 11 is 0. The van der Waals surface area contributed by atoms with Crippen molar-refractivity contribution in [2.75, 3.05) is 0 Å². The molecule has 1 aromatic carbocycles. The molecule has 0 amide bonds. The number of hydrogen-bond acceptors (Lipinski definition) is 1. The van der Waals surface area contributed by atoms with E-state index in [0.29, 0.717) is 5.75 Å². The monoisotopic (exact) mass is 213 g/mol. The van der Waals surface area contributed by atoms with Crippen molar-refractivity contribution in [2.45, 2.75) is 26.2 Å². The van der Waals surface area contributed by atoms with Gasteiger partial charge in [-0.25, -0.2) is 0 Å². The Hall–Kier alpha value is -0.396. The van der Waals surface area contributed by atoms with Crippen molar-refractivity contribution in [3.05, 3.63) is 36.9 Å². The minimum atomic E-state index is 0. The van der Waals surface area contributed by atoms with Crippen molar-refractivity contribution in [3.63, 3.8) is 0 Å². The van der Waals surface area contributed by atoms with Gasteiger partial charge < -0.3 is 4.74 Å². The molecule has 2 heteroatoms. The van der Waals surface area contributed by atoms with E-state index < -0.39 is 0 Å². The third kappa shape index (κ3) is 3.45. The van der Waals surface area contributed by atoms with Crippen molar-refractivity contribution in [3.8, 4) is 5.75 Å². The van der Waals surface area contributed by atoms with Crippen LogP contribution in [0.25, 0.3) is 0 Å². The molecule has 0 saturated carbocycles. The van der Waals surface area contributed by atoms with Gasteiger partial charge in [-0.2, -0.15) is 19.2 Å². The van der Waals surface area contributed by atoms with Gasteiger partial charge in [-0.05, 0) is 11.2 Å². The van der Waals surface area contributed by atoms with E-state index in [1.54, 1.807) is 0 Å². The van der Waals surface area contributed by atoms with Gasteiger partial charge in [-0.15, -0.1) is 17.7 Å². The van der Waals surface area contributed by atoms with E-state index in [1.807, 2.05) is 18.2 Å². The number of rotatable bonds is 1. The van der Waals surface area contributed by atoms with E-state index in [4.69, 9.17) is 4.74 Å². The number of benzene rings is 1. The molecular weight excluding hydrogens is 199 g/mol. The average Bonchev–Trinajstić information content (AvgIpc) is 2.03. The fourth-order valence-electron chi connectivity index (χ4n) is 0.994. The standard InChI is InChI=1S/C11H14O.V/c1-11(2,3)9-6-5-7-10(8-9)12-4;/h5-6,8H,4H2,1-3H3;/q-2;+2. The molecule has 0 heterocycles. The second-order valence-electron chi connectivity index (χ2n) is 3.84. The van der Waals surface area contributed by atoms with Crippen LogP contribution in [0.3, 0.4) is 0 Å². The molecule has 0 aliphatic heterocycles. The van der Waals surface area contributed by atoms with Crippen molar-refractivity contribution in [1.82, 2.24) is 0 Å². The molecule has 1 nitrogen and oxygen atoms in total. The van der Waals surface area contributed by atoms with Crippen LogP contribution >= 0.6 is 0 Å². The first kappa shape index (κ1) is 12.6. The van der Waals surface area contributed by atoms with Crippen LogP contribution in [-0.2, 0) is 24.0 Å². The van der Waals surface area contributed by atoms with E-state index in [2.05, 4.69) is 33.9 Å². The Morgan fingerprint density at radius 3 is 2.46 bits per heavy atom. The van der Waals surface area contributed by atoms with Gasteiger partial charge in [-0.3, -0.25) is 0 Å². The Labute approximate surface area is 92.4 Å². The van der Waals surface area contributed by atoms with Gasteiger partial charge in [0.25, 0.3) is 0 Å². The molecule has 1 radical (unpaired) electrons. The minimum Gasteiger partial charge on any atom is -0.683 e.